The van der Waals surface area contributed by atoms with Crippen LogP contribution >= 0.6 is 0 Å². The predicted octanol–water partition coefficient (Wildman–Crippen LogP) is 2.39. The molecule has 0 amide bonds. The van der Waals surface area contributed by atoms with Crippen molar-refractivity contribution in [3.63, 3.8) is 0 Å². The minimum absolute atomic E-state index is 0.105. The van der Waals surface area contributed by atoms with E-state index < -0.39 is 42.9 Å². The van der Waals surface area contributed by atoms with Gasteiger partial charge >= 0.3 is 17.9 Å². The normalized spacial score (nSPS) is 23.6. The van der Waals surface area contributed by atoms with Gasteiger partial charge in [-0.3, -0.25) is 0 Å². The molecule has 1 aliphatic heterocycles. The summed E-state index contributed by atoms with van der Waals surface area (Å²) in [4.78, 5) is 24.1. The van der Waals surface area contributed by atoms with Gasteiger partial charge in [-0.15, -0.1) is 0 Å². The van der Waals surface area contributed by atoms with E-state index in [1.165, 1.54) is 24.3 Å². The van der Waals surface area contributed by atoms with Crippen LogP contribution in [0.25, 0.3) is 0 Å². The number of hydrogen-bond donors (Lipinski definition) is 1. The van der Waals surface area contributed by atoms with Crippen molar-refractivity contribution in [3.8, 4) is 0 Å². The average molecular weight is 377 g/mol. The van der Waals surface area contributed by atoms with Crippen LogP contribution < -0.4 is 5.73 Å². The molecule has 0 aliphatic carbocycles. The van der Waals surface area contributed by atoms with Crippen LogP contribution in [-0.2, 0) is 14.2 Å². The van der Waals surface area contributed by atoms with E-state index in [0.29, 0.717) is 0 Å². The van der Waals surface area contributed by atoms with E-state index in [0.717, 1.165) is 0 Å². The zero-order valence-corrected chi connectivity index (χ0v) is 14.1. The molecule has 0 spiro atoms. The van der Waals surface area contributed by atoms with Crippen molar-refractivity contribution in [3.05, 3.63) is 71.8 Å². The van der Waals surface area contributed by atoms with Gasteiger partial charge in [-0.1, -0.05) is 36.4 Å². The van der Waals surface area contributed by atoms with Crippen molar-refractivity contribution in [1.29, 1.82) is 0 Å². The van der Waals surface area contributed by atoms with Crippen LogP contribution in [-0.4, -0.2) is 42.9 Å². The molecule has 0 unspecified atom stereocenters. The van der Waals surface area contributed by atoms with Gasteiger partial charge in [0.15, 0.2) is 12.3 Å². The highest BCUT2D eigenvalue weighted by molar-refractivity contribution is 5.90. The van der Waals surface area contributed by atoms with Crippen LogP contribution in [0.1, 0.15) is 20.7 Å². The molecule has 0 aromatic heterocycles. The molecule has 27 heavy (non-hydrogen) atoms. The SMILES string of the molecule is N[C@@H]1O[C@H](COC(=O)c2ccccc2)[C@@H](OC(=O)c2ccccc2)C1(F)F. The van der Waals surface area contributed by atoms with E-state index >= 15 is 0 Å². The lowest BCUT2D eigenvalue weighted by Gasteiger charge is -2.22. The molecule has 0 bridgehead atoms. The van der Waals surface area contributed by atoms with Crippen LogP contribution in [0.2, 0.25) is 0 Å². The third kappa shape index (κ3) is 4.12. The molecule has 1 saturated heterocycles. The van der Waals surface area contributed by atoms with Crippen LogP contribution in [0.4, 0.5) is 8.78 Å². The monoisotopic (exact) mass is 377 g/mol. The number of alkyl halides is 2. The summed E-state index contributed by atoms with van der Waals surface area (Å²) in [5, 5.41) is 0. The largest absolute Gasteiger partial charge is 0.459 e. The number of carbonyl (C=O) groups excluding carboxylic acids is 2. The molecule has 1 aliphatic rings. The van der Waals surface area contributed by atoms with E-state index in [1.54, 1.807) is 36.4 Å². The van der Waals surface area contributed by atoms with Gasteiger partial charge in [-0.2, -0.15) is 8.78 Å². The van der Waals surface area contributed by atoms with Crippen molar-refractivity contribution in [2.75, 3.05) is 6.61 Å². The third-order valence-electron chi connectivity index (χ3n) is 4.05. The van der Waals surface area contributed by atoms with Gasteiger partial charge in [-0.25, -0.2) is 9.59 Å². The summed E-state index contributed by atoms with van der Waals surface area (Å²) in [5.74, 6) is -5.29. The van der Waals surface area contributed by atoms with Crippen molar-refractivity contribution >= 4 is 11.9 Å². The van der Waals surface area contributed by atoms with Crippen molar-refractivity contribution in [2.24, 2.45) is 5.73 Å². The standard InChI is InChI=1S/C19H17F2NO5/c20-19(21)15(27-17(24)13-9-5-2-6-10-13)14(26-18(19)22)11-25-16(23)12-7-3-1-4-8-12/h1-10,14-15,18H,11,22H2/t14-,15-,18-/m1/s1. The summed E-state index contributed by atoms with van der Waals surface area (Å²) in [6, 6.07) is 15.7. The second kappa shape index (κ2) is 7.81. The molecule has 2 aromatic carbocycles. The van der Waals surface area contributed by atoms with Crippen molar-refractivity contribution < 1.29 is 32.6 Å². The van der Waals surface area contributed by atoms with Gasteiger partial charge in [0.1, 0.15) is 12.7 Å². The Morgan fingerprint density at radius 3 is 2.04 bits per heavy atom. The molecule has 2 N–H and O–H groups in total. The molecular weight excluding hydrogens is 360 g/mol. The number of benzene rings is 2. The van der Waals surface area contributed by atoms with Gasteiger partial charge in [0, 0.05) is 0 Å². The fourth-order valence-corrected chi connectivity index (χ4v) is 2.61. The zero-order chi connectivity index (χ0) is 19.4. The van der Waals surface area contributed by atoms with Crippen LogP contribution in [0, 0.1) is 0 Å². The molecule has 142 valence electrons. The first kappa shape index (κ1) is 18.9. The lowest BCUT2D eigenvalue weighted by atomic mass is 10.1. The van der Waals surface area contributed by atoms with Gasteiger partial charge in [0.2, 0.25) is 0 Å². The van der Waals surface area contributed by atoms with E-state index in [9.17, 15) is 18.4 Å². The molecule has 0 saturated carbocycles. The van der Waals surface area contributed by atoms with Crippen LogP contribution in [0.15, 0.2) is 60.7 Å². The number of hydrogen-bond acceptors (Lipinski definition) is 6. The third-order valence-corrected chi connectivity index (χ3v) is 4.05. The summed E-state index contributed by atoms with van der Waals surface area (Å²) < 4.78 is 43.6. The molecule has 3 rings (SSSR count). The van der Waals surface area contributed by atoms with Crippen LogP contribution in [0.3, 0.4) is 0 Å². The summed E-state index contributed by atoms with van der Waals surface area (Å²) >= 11 is 0. The highest BCUT2D eigenvalue weighted by atomic mass is 19.3. The Morgan fingerprint density at radius 2 is 1.48 bits per heavy atom. The van der Waals surface area contributed by atoms with Gasteiger partial charge in [0.05, 0.1) is 11.1 Å². The molecular formula is C19H17F2NO5. The number of halogens is 2. The summed E-state index contributed by atoms with van der Waals surface area (Å²) in [6.45, 7) is -0.538. The lowest BCUT2D eigenvalue weighted by molar-refractivity contribution is -0.114. The Morgan fingerprint density at radius 1 is 0.963 bits per heavy atom. The van der Waals surface area contributed by atoms with E-state index in [2.05, 4.69) is 0 Å². The Balaban J connectivity index is 1.69. The average Bonchev–Trinajstić information content (AvgIpc) is 2.90. The second-order valence-electron chi connectivity index (χ2n) is 5.93. The minimum atomic E-state index is -3.63. The number of carbonyl (C=O) groups is 2. The Hall–Kier alpha value is -2.84. The number of nitrogens with two attached hydrogens (primary N) is 1. The number of rotatable bonds is 5. The fourth-order valence-electron chi connectivity index (χ4n) is 2.61. The van der Waals surface area contributed by atoms with E-state index in [1.807, 2.05) is 0 Å². The lowest BCUT2D eigenvalue weighted by Crippen LogP contribution is -2.46. The smallest absolute Gasteiger partial charge is 0.338 e. The number of ether oxygens (including phenoxy) is 3. The maximum atomic E-state index is 14.3. The van der Waals surface area contributed by atoms with Crippen molar-refractivity contribution in [1.82, 2.24) is 0 Å². The van der Waals surface area contributed by atoms with Gasteiger partial charge in [0.25, 0.3) is 0 Å². The predicted molar refractivity (Wildman–Crippen MR) is 90.2 cm³/mol. The Bertz CT molecular complexity index is 800. The summed E-state index contributed by atoms with van der Waals surface area (Å²) in [6.07, 6.45) is -5.36. The summed E-state index contributed by atoms with van der Waals surface area (Å²) in [5.41, 5.74) is 5.68. The first-order valence-electron chi connectivity index (χ1n) is 8.16. The number of esters is 2. The molecule has 0 radical (unpaired) electrons. The first-order chi connectivity index (χ1) is 12.9. The molecule has 6 nitrogen and oxygen atoms in total. The minimum Gasteiger partial charge on any atom is -0.459 e. The Kier molecular flexibility index (Phi) is 5.48. The van der Waals surface area contributed by atoms with Gasteiger partial charge < -0.3 is 19.9 Å². The highest BCUT2D eigenvalue weighted by Crippen LogP contribution is 2.36. The summed E-state index contributed by atoms with van der Waals surface area (Å²) in [7, 11) is 0. The maximum absolute atomic E-state index is 14.3. The molecule has 8 heteroatoms. The fraction of sp³-hybridized carbons (Fsp3) is 0.263. The van der Waals surface area contributed by atoms with Crippen molar-refractivity contribution in [2.45, 2.75) is 24.4 Å². The molecule has 3 atom stereocenters. The molecule has 2 aromatic rings. The molecule has 1 fully saturated rings. The van der Waals surface area contributed by atoms with Crippen LogP contribution in [0.5, 0.6) is 0 Å². The Labute approximate surface area is 153 Å². The maximum Gasteiger partial charge on any atom is 0.338 e. The second-order valence-corrected chi connectivity index (χ2v) is 5.93. The topological polar surface area (TPSA) is 87.8 Å². The highest BCUT2D eigenvalue weighted by Gasteiger charge is 2.60. The van der Waals surface area contributed by atoms with E-state index in [4.69, 9.17) is 19.9 Å². The van der Waals surface area contributed by atoms with E-state index in [-0.39, 0.29) is 11.1 Å². The van der Waals surface area contributed by atoms with Gasteiger partial charge in [-0.05, 0) is 24.3 Å². The molecule has 1 heterocycles. The quantitative estimate of drug-likeness (QED) is 0.805. The first-order valence-corrected chi connectivity index (χ1v) is 8.16. The zero-order valence-electron chi connectivity index (χ0n) is 14.1.